The topological polar surface area (TPSA) is 157 Å². The minimum absolute atomic E-state index is 0.0352. The third-order valence-corrected chi connectivity index (χ3v) is 8.44. The number of benzene rings is 4. The molecular weight excluding hydrogens is 748 g/mol. The standard InChI is InChI=1S/C44H56N2O12/c1-49-15-17-53-19-21-55-23-25-57-39-11-7-5-9-37(39)33-27-35(43(47)41(29-33)51-3)31-45-13-14-46-32-36-28-34(30-42(52-4)44(36)48)38-10-6-8-12-40(38)58-26-24-56-22-20-54-18-16-50-2/h5-12,27-32,47-48H,13-26H2,1-4H3. The minimum Gasteiger partial charge on any atom is -0.504 e. The quantitative estimate of drug-likeness (QED) is 0.0481. The van der Waals surface area contributed by atoms with Crippen LogP contribution in [0.1, 0.15) is 11.1 Å². The summed E-state index contributed by atoms with van der Waals surface area (Å²) in [5.41, 5.74) is 4.14. The first-order valence-corrected chi connectivity index (χ1v) is 19.1. The Morgan fingerprint density at radius 3 is 1.19 bits per heavy atom. The van der Waals surface area contributed by atoms with Gasteiger partial charge < -0.3 is 57.6 Å². The summed E-state index contributed by atoms with van der Waals surface area (Å²) in [5, 5.41) is 21.9. The average molecular weight is 805 g/mol. The van der Waals surface area contributed by atoms with Crippen LogP contribution in [0, 0.1) is 0 Å². The fraction of sp³-hybridized carbons (Fsp3) is 0.409. The van der Waals surface area contributed by atoms with Crippen molar-refractivity contribution in [3.05, 3.63) is 83.9 Å². The number of nitrogens with zero attached hydrogens (tertiary/aromatic N) is 2. The van der Waals surface area contributed by atoms with Crippen molar-refractivity contribution in [2.24, 2.45) is 9.98 Å². The number of phenolic OH excluding ortho intramolecular Hbond substituents is 2. The van der Waals surface area contributed by atoms with Crippen molar-refractivity contribution in [2.45, 2.75) is 0 Å². The first kappa shape index (κ1) is 45.5. The second-order valence-corrected chi connectivity index (χ2v) is 12.4. The summed E-state index contributed by atoms with van der Waals surface area (Å²) in [7, 11) is 6.26. The lowest BCUT2D eigenvalue weighted by Gasteiger charge is -2.14. The van der Waals surface area contributed by atoms with Gasteiger partial charge in [0.2, 0.25) is 0 Å². The third-order valence-electron chi connectivity index (χ3n) is 8.44. The molecule has 0 bridgehead atoms. The Bertz CT molecular complexity index is 1720. The second-order valence-electron chi connectivity index (χ2n) is 12.4. The van der Waals surface area contributed by atoms with E-state index in [1.54, 1.807) is 38.8 Å². The van der Waals surface area contributed by atoms with Gasteiger partial charge in [-0.2, -0.15) is 0 Å². The van der Waals surface area contributed by atoms with E-state index < -0.39 is 0 Å². The smallest absolute Gasteiger partial charge is 0.166 e. The first-order chi connectivity index (χ1) is 28.5. The number of para-hydroxylation sites is 2. The highest BCUT2D eigenvalue weighted by Gasteiger charge is 2.15. The van der Waals surface area contributed by atoms with E-state index >= 15 is 0 Å². The van der Waals surface area contributed by atoms with Crippen LogP contribution in [0.2, 0.25) is 0 Å². The lowest BCUT2D eigenvalue weighted by atomic mass is 10.0. The van der Waals surface area contributed by atoms with Gasteiger partial charge >= 0.3 is 0 Å². The highest BCUT2D eigenvalue weighted by molar-refractivity contribution is 5.90. The second kappa shape index (κ2) is 26.7. The Labute approximate surface area is 340 Å². The molecule has 0 aliphatic rings. The molecule has 14 nitrogen and oxygen atoms in total. The molecule has 0 spiro atoms. The maximum atomic E-state index is 10.9. The largest absolute Gasteiger partial charge is 0.504 e. The first-order valence-electron chi connectivity index (χ1n) is 19.1. The molecule has 0 saturated carbocycles. The molecule has 2 N–H and O–H groups in total. The van der Waals surface area contributed by atoms with Crippen molar-refractivity contribution < 1.29 is 57.6 Å². The monoisotopic (exact) mass is 804 g/mol. The summed E-state index contributed by atoms with van der Waals surface area (Å²) in [6, 6.07) is 22.4. The van der Waals surface area contributed by atoms with Crippen LogP contribution < -0.4 is 18.9 Å². The number of rotatable bonds is 29. The summed E-state index contributed by atoms with van der Waals surface area (Å²) in [5.74, 6) is 1.85. The molecule has 4 aromatic rings. The molecule has 0 aliphatic carbocycles. The van der Waals surface area contributed by atoms with Gasteiger partial charge in [-0.05, 0) is 47.5 Å². The van der Waals surface area contributed by atoms with Gasteiger partial charge in [-0.3, -0.25) is 9.98 Å². The lowest BCUT2D eigenvalue weighted by Crippen LogP contribution is -2.12. The highest BCUT2D eigenvalue weighted by Crippen LogP contribution is 2.39. The molecule has 0 aliphatic heterocycles. The van der Waals surface area contributed by atoms with Crippen LogP contribution in [0.15, 0.2) is 82.8 Å². The molecule has 0 aromatic heterocycles. The van der Waals surface area contributed by atoms with Crippen LogP contribution in [0.3, 0.4) is 0 Å². The van der Waals surface area contributed by atoms with E-state index in [4.69, 9.17) is 47.4 Å². The van der Waals surface area contributed by atoms with Gasteiger partial charge in [0.25, 0.3) is 0 Å². The van der Waals surface area contributed by atoms with Crippen molar-refractivity contribution in [2.75, 3.05) is 121 Å². The van der Waals surface area contributed by atoms with Crippen LogP contribution in [0.5, 0.6) is 34.5 Å². The van der Waals surface area contributed by atoms with Crippen molar-refractivity contribution in [1.82, 2.24) is 0 Å². The molecule has 0 heterocycles. The van der Waals surface area contributed by atoms with Crippen LogP contribution in [-0.4, -0.2) is 143 Å². The zero-order valence-electron chi connectivity index (χ0n) is 33.9. The summed E-state index contributed by atoms with van der Waals surface area (Å²) in [6.45, 7) is 6.13. The molecule has 0 saturated heterocycles. The highest BCUT2D eigenvalue weighted by atomic mass is 16.6. The zero-order chi connectivity index (χ0) is 41.2. The number of hydrogen-bond donors (Lipinski definition) is 2. The Kier molecular flexibility index (Phi) is 20.9. The molecule has 0 radical (unpaired) electrons. The molecular formula is C44H56N2O12. The molecule has 0 fully saturated rings. The van der Waals surface area contributed by atoms with Gasteiger partial charge in [0.1, 0.15) is 24.7 Å². The zero-order valence-corrected chi connectivity index (χ0v) is 33.9. The van der Waals surface area contributed by atoms with Crippen LogP contribution in [0.4, 0.5) is 0 Å². The van der Waals surface area contributed by atoms with E-state index in [9.17, 15) is 10.2 Å². The van der Waals surface area contributed by atoms with Gasteiger partial charge in [0.15, 0.2) is 23.0 Å². The number of ether oxygens (including phenoxy) is 10. The number of aromatic hydroxyl groups is 2. The average Bonchev–Trinajstić information content (AvgIpc) is 3.25. The van der Waals surface area contributed by atoms with E-state index in [1.807, 2.05) is 60.7 Å². The van der Waals surface area contributed by atoms with Gasteiger partial charge in [-0.1, -0.05) is 36.4 Å². The van der Waals surface area contributed by atoms with Crippen molar-refractivity contribution >= 4 is 12.4 Å². The van der Waals surface area contributed by atoms with E-state index in [1.165, 1.54) is 14.2 Å². The molecule has 0 unspecified atom stereocenters. The number of methoxy groups -OCH3 is 4. The summed E-state index contributed by atoms with van der Waals surface area (Å²) < 4.78 is 55.1. The Balaban J connectivity index is 1.36. The van der Waals surface area contributed by atoms with Gasteiger partial charge in [-0.25, -0.2) is 0 Å². The number of hydrogen-bond acceptors (Lipinski definition) is 14. The number of aliphatic imine (C=N–C) groups is 2. The van der Waals surface area contributed by atoms with Crippen LogP contribution in [0.25, 0.3) is 22.3 Å². The summed E-state index contributed by atoms with van der Waals surface area (Å²) >= 11 is 0. The van der Waals surface area contributed by atoms with Crippen molar-refractivity contribution in [3.63, 3.8) is 0 Å². The molecule has 0 amide bonds. The molecule has 14 heteroatoms. The Morgan fingerprint density at radius 1 is 0.448 bits per heavy atom. The van der Waals surface area contributed by atoms with E-state index in [-0.39, 0.29) is 11.5 Å². The third kappa shape index (κ3) is 14.9. The van der Waals surface area contributed by atoms with Gasteiger partial charge in [0, 0.05) is 48.9 Å². The number of phenols is 2. The van der Waals surface area contributed by atoms with Gasteiger partial charge in [0.05, 0.1) is 93.4 Å². The summed E-state index contributed by atoms with van der Waals surface area (Å²) in [4.78, 5) is 9.04. The maximum absolute atomic E-state index is 10.9. The van der Waals surface area contributed by atoms with Crippen LogP contribution >= 0.6 is 0 Å². The Hall–Kier alpha value is -5.22. The van der Waals surface area contributed by atoms with Crippen LogP contribution in [-0.2, 0) is 28.4 Å². The van der Waals surface area contributed by atoms with Crippen molar-refractivity contribution in [3.8, 4) is 56.8 Å². The molecule has 4 rings (SSSR count). The molecule has 58 heavy (non-hydrogen) atoms. The predicted molar refractivity (Wildman–Crippen MR) is 223 cm³/mol. The van der Waals surface area contributed by atoms with E-state index in [0.29, 0.717) is 126 Å². The normalized spacial score (nSPS) is 11.4. The lowest BCUT2D eigenvalue weighted by molar-refractivity contribution is 0.0180. The molecule has 4 aromatic carbocycles. The van der Waals surface area contributed by atoms with Gasteiger partial charge in [-0.15, -0.1) is 0 Å². The van der Waals surface area contributed by atoms with E-state index in [2.05, 4.69) is 9.98 Å². The molecule has 314 valence electrons. The maximum Gasteiger partial charge on any atom is 0.166 e. The molecule has 0 atom stereocenters. The Morgan fingerprint density at radius 2 is 0.810 bits per heavy atom. The predicted octanol–water partition coefficient (Wildman–Crippen LogP) is 6.10. The summed E-state index contributed by atoms with van der Waals surface area (Å²) in [6.07, 6.45) is 3.17. The minimum atomic E-state index is -0.0352. The van der Waals surface area contributed by atoms with Crippen molar-refractivity contribution in [1.29, 1.82) is 0 Å². The fourth-order valence-electron chi connectivity index (χ4n) is 5.53. The SMILES string of the molecule is COCCOCCOCCOc1ccccc1-c1cc(C=NCCN=Cc2cc(-c3ccccc3OCCOCCOCCOC)cc(OC)c2O)c(O)c(OC)c1. The van der Waals surface area contributed by atoms with E-state index in [0.717, 1.165) is 22.3 Å². The fourth-order valence-corrected chi connectivity index (χ4v) is 5.53.